The molecule has 0 aliphatic carbocycles. The second-order valence-corrected chi connectivity index (χ2v) is 5.22. The van der Waals surface area contributed by atoms with Crippen molar-refractivity contribution in [1.29, 1.82) is 0 Å². The Balaban J connectivity index is 0.00000172. The molecule has 1 unspecified atom stereocenters. The average Bonchev–Trinajstić information content (AvgIpc) is 2.49. The van der Waals surface area contributed by atoms with Gasteiger partial charge in [0.05, 0.1) is 0 Å². The summed E-state index contributed by atoms with van der Waals surface area (Å²) < 4.78 is 0. The molecule has 0 aliphatic rings. The topological polar surface area (TPSA) is 58.0 Å². The Hall–Kier alpha value is -0.810. The molecule has 1 atom stereocenters. The number of hydrogen-bond donors (Lipinski definition) is 2. The Kier molecular flexibility index (Phi) is 10.5. The Morgan fingerprint density at radius 2 is 1.90 bits per heavy atom. The van der Waals surface area contributed by atoms with E-state index in [1.807, 2.05) is 34.0 Å². The third-order valence-electron chi connectivity index (χ3n) is 3.23. The molecule has 1 heterocycles. The lowest BCUT2D eigenvalue weighted by molar-refractivity contribution is 0.217. The highest BCUT2D eigenvalue weighted by molar-refractivity contribution is 7.98. The summed E-state index contributed by atoms with van der Waals surface area (Å²) in [5.41, 5.74) is 2.12. The molecule has 20 heavy (non-hydrogen) atoms. The van der Waals surface area contributed by atoms with Gasteiger partial charge in [-0.1, -0.05) is 39.0 Å². The van der Waals surface area contributed by atoms with Crippen LogP contribution in [0, 0.1) is 19.8 Å². The Labute approximate surface area is 127 Å². The van der Waals surface area contributed by atoms with Crippen LogP contribution in [0.2, 0.25) is 0 Å². The van der Waals surface area contributed by atoms with Gasteiger partial charge in [-0.15, -0.1) is 0 Å². The van der Waals surface area contributed by atoms with Gasteiger partial charge < -0.3 is 10.4 Å². The number of rotatable bonds is 7. The lowest BCUT2D eigenvalue weighted by atomic mass is 10.0. The Morgan fingerprint density at radius 3 is 2.40 bits per heavy atom. The normalized spacial score (nSPS) is 11.6. The van der Waals surface area contributed by atoms with E-state index in [0.717, 1.165) is 41.6 Å². The number of thioether (sulfide) groups is 1. The van der Waals surface area contributed by atoms with E-state index in [1.54, 1.807) is 11.8 Å². The smallest absolute Gasteiger partial charge is 0.189 e. The number of aliphatic hydroxyl groups excluding tert-OH is 1. The van der Waals surface area contributed by atoms with Crippen molar-refractivity contribution in [3.8, 4) is 0 Å². The zero-order valence-corrected chi connectivity index (χ0v) is 14.5. The molecule has 4 nitrogen and oxygen atoms in total. The first-order valence-electron chi connectivity index (χ1n) is 7.36. The van der Waals surface area contributed by atoms with Gasteiger partial charge in [0.2, 0.25) is 0 Å². The highest BCUT2D eigenvalue weighted by atomic mass is 32.2. The van der Waals surface area contributed by atoms with Crippen molar-refractivity contribution < 1.29 is 5.11 Å². The molecule has 2 N–H and O–H groups in total. The minimum atomic E-state index is 0.260. The molecule has 0 spiro atoms. The van der Waals surface area contributed by atoms with Crippen LogP contribution < -0.4 is 5.32 Å². The third kappa shape index (κ3) is 6.09. The van der Waals surface area contributed by atoms with E-state index in [1.165, 1.54) is 0 Å². The lowest BCUT2D eigenvalue weighted by Crippen LogP contribution is -2.13. The third-order valence-corrected chi connectivity index (χ3v) is 3.78. The van der Waals surface area contributed by atoms with Crippen molar-refractivity contribution in [3.05, 3.63) is 11.3 Å². The van der Waals surface area contributed by atoms with Crippen LogP contribution in [0.25, 0.3) is 0 Å². The number of anilines is 1. The summed E-state index contributed by atoms with van der Waals surface area (Å²) in [6.45, 7) is 11.2. The van der Waals surface area contributed by atoms with E-state index < -0.39 is 0 Å². The fourth-order valence-electron chi connectivity index (χ4n) is 1.69. The molecule has 0 radical (unpaired) electrons. The largest absolute Gasteiger partial charge is 0.396 e. The monoisotopic (exact) mass is 299 g/mol. The second-order valence-electron chi connectivity index (χ2n) is 4.44. The zero-order chi connectivity index (χ0) is 15.5. The fraction of sp³-hybridized carbons (Fsp3) is 0.733. The highest BCUT2D eigenvalue weighted by Crippen LogP contribution is 2.19. The molecular weight excluding hydrogens is 270 g/mol. The van der Waals surface area contributed by atoms with Crippen LogP contribution in [0.15, 0.2) is 5.16 Å². The van der Waals surface area contributed by atoms with E-state index in [4.69, 9.17) is 5.11 Å². The highest BCUT2D eigenvalue weighted by Gasteiger charge is 2.08. The molecule has 0 aliphatic heterocycles. The maximum Gasteiger partial charge on any atom is 0.189 e. The van der Waals surface area contributed by atoms with Gasteiger partial charge in [-0.2, -0.15) is 0 Å². The predicted octanol–water partition coefficient (Wildman–Crippen LogP) is 3.66. The number of aromatic nitrogens is 2. The quantitative estimate of drug-likeness (QED) is 0.594. The number of nitrogens with zero attached hydrogens (tertiary/aromatic N) is 2. The van der Waals surface area contributed by atoms with Crippen LogP contribution in [0.1, 0.15) is 44.9 Å². The Bertz CT molecular complexity index is 382. The van der Waals surface area contributed by atoms with Gasteiger partial charge >= 0.3 is 0 Å². The summed E-state index contributed by atoms with van der Waals surface area (Å²) in [5.74, 6) is 1.29. The first-order chi connectivity index (χ1) is 9.62. The van der Waals surface area contributed by atoms with Crippen molar-refractivity contribution >= 4 is 17.6 Å². The first-order valence-corrected chi connectivity index (χ1v) is 8.58. The Morgan fingerprint density at radius 1 is 1.25 bits per heavy atom. The van der Waals surface area contributed by atoms with Gasteiger partial charge in [0, 0.05) is 24.4 Å². The van der Waals surface area contributed by atoms with E-state index in [9.17, 15) is 0 Å². The average molecular weight is 299 g/mol. The molecule has 1 aromatic rings. The van der Waals surface area contributed by atoms with E-state index in [2.05, 4.69) is 22.2 Å². The molecule has 0 fully saturated rings. The molecule has 0 amide bonds. The van der Waals surface area contributed by atoms with Gasteiger partial charge in [-0.3, -0.25) is 0 Å². The van der Waals surface area contributed by atoms with Gasteiger partial charge in [-0.25, -0.2) is 9.97 Å². The summed E-state index contributed by atoms with van der Waals surface area (Å²) >= 11 is 1.55. The van der Waals surface area contributed by atoms with Crippen LogP contribution in [0.5, 0.6) is 0 Å². The fourth-order valence-corrected chi connectivity index (χ4v) is 2.10. The van der Waals surface area contributed by atoms with E-state index in [-0.39, 0.29) is 6.61 Å². The van der Waals surface area contributed by atoms with E-state index in [0.29, 0.717) is 5.92 Å². The molecule has 116 valence electrons. The first kappa shape index (κ1) is 19.2. The van der Waals surface area contributed by atoms with Crippen molar-refractivity contribution in [1.82, 2.24) is 9.97 Å². The number of aliphatic hydroxyl groups is 1. The zero-order valence-electron chi connectivity index (χ0n) is 13.7. The summed E-state index contributed by atoms with van der Waals surface area (Å²) in [6, 6.07) is 0. The maximum absolute atomic E-state index is 9.15. The summed E-state index contributed by atoms with van der Waals surface area (Å²) in [4.78, 5) is 8.88. The molecule has 5 heteroatoms. The van der Waals surface area contributed by atoms with Gasteiger partial charge in [-0.05, 0) is 32.4 Å². The molecular formula is C15H29N3OS. The van der Waals surface area contributed by atoms with Crippen LogP contribution in [-0.2, 0) is 0 Å². The van der Waals surface area contributed by atoms with Crippen LogP contribution >= 0.6 is 11.8 Å². The van der Waals surface area contributed by atoms with Gasteiger partial charge in [0.25, 0.3) is 0 Å². The molecule has 0 saturated carbocycles. The minimum absolute atomic E-state index is 0.260. The molecule has 0 aromatic carbocycles. The van der Waals surface area contributed by atoms with Crippen molar-refractivity contribution in [2.24, 2.45) is 5.92 Å². The maximum atomic E-state index is 9.15. The summed E-state index contributed by atoms with van der Waals surface area (Å²) in [7, 11) is 0. The number of hydrogen-bond acceptors (Lipinski definition) is 5. The van der Waals surface area contributed by atoms with Gasteiger partial charge in [0.15, 0.2) is 5.16 Å². The summed E-state index contributed by atoms with van der Waals surface area (Å²) in [5, 5.41) is 13.3. The molecule has 1 rings (SSSR count). The standard InChI is InChI=1S/C13H23N3OS.C2H6/c1-5-11(8-17)6-7-14-12-9(2)10(3)15-13(16-12)18-4;1-2/h11,17H,5-8H2,1-4H3,(H,14,15,16);1-2H3. The van der Waals surface area contributed by atoms with Crippen molar-refractivity contribution in [3.63, 3.8) is 0 Å². The van der Waals surface area contributed by atoms with Crippen molar-refractivity contribution in [2.75, 3.05) is 24.7 Å². The molecule has 0 bridgehead atoms. The molecule has 1 aromatic heterocycles. The second kappa shape index (κ2) is 10.9. The SMILES string of the molecule is CC.CCC(CO)CCNc1nc(SC)nc(C)c1C. The van der Waals surface area contributed by atoms with Crippen LogP contribution in [-0.4, -0.2) is 34.5 Å². The number of nitrogens with one attached hydrogen (secondary N) is 1. The van der Waals surface area contributed by atoms with E-state index >= 15 is 0 Å². The minimum Gasteiger partial charge on any atom is -0.396 e. The van der Waals surface area contributed by atoms with Gasteiger partial charge in [0.1, 0.15) is 5.82 Å². The lowest BCUT2D eigenvalue weighted by Gasteiger charge is -2.14. The van der Waals surface area contributed by atoms with Crippen LogP contribution in [0.4, 0.5) is 5.82 Å². The predicted molar refractivity (Wildman–Crippen MR) is 88.6 cm³/mol. The number of aryl methyl sites for hydroxylation is 1. The summed E-state index contributed by atoms with van der Waals surface area (Å²) in [6.07, 6.45) is 3.95. The van der Waals surface area contributed by atoms with Crippen molar-refractivity contribution in [2.45, 2.75) is 52.6 Å². The van der Waals surface area contributed by atoms with Crippen LogP contribution in [0.3, 0.4) is 0 Å². The molecule has 0 saturated heterocycles.